The fourth-order valence-electron chi connectivity index (χ4n) is 1.70. The van der Waals surface area contributed by atoms with Crippen LogP contribution in [-0.4, -0.2) is 19.7 Å². The molecular formula is C10H13ClN6. The summed E-state index contributed by atoms with van der Waals surface area (Å²) in [6.45, 7) is 2.70. The van der Waals surface area contributed by atoms with Gasteiger partial charge in [0.1, 0.15) is 6.33 Å². The summed E-state index contributed by atoms with van der Waals surface area (Å²) in [6, 6.07) is -0.272. The molecule has 3 N–H and O–H groups in total. The molecule has 0 spiro atoms. The highest BCUT2D eigenvalue weighted by atomic mass is 35.5. The van der Waals surface area contributed by atoms with Gasteiger partial charge in [0.25, 0.3) is 0 Å². The number of nitrogens with zero attached hydrogens (tertiary/aromatic N) is 4. The second-order valence-electron chi connectivity index (χ2n) is 3.47. The minimum Gasteiger partial charge on any atom is -0.271 e. The van der Waals surface area contributed by atoms with Gasteiger partial charge in [0.15, 0.2) is 0 Å². The maximum absolute atomic E-state index is 6.13. The molecule has 0 aliphatic carbocycles. The summed E-state index contributed by atoms with van der Waals surface area (Å²) in [5.74, 6) is 5.58. The number of hydrogen-bond acceptors (Lipinski definition) is 5. The molecule has 0 radical (unpaired) electrons. The highest BCUT2D eigenvalue weighted by molar-refractivity contribution is 6.31. The zero-order chi connectivity index (χ0) is 12.3. The summed E-state index contributed by atoms with van der Waals surface area (Å²) in [5, 5.41) is 4.75. The minimum absolute atomic E-state index is 0.272. The second kappa shape index (κ2) is 5.22. The molecule has 0 bridgehead atoms. The van der Waals surface area contributed by atoms with E-state index in [2.05, 4.69) is 20.5 Å². The Balaban J connectivity index is 2.45. The first-order valence-corrected chi connectivity index (χ1v) is 5.58. The van der Waals surface area contributed by atoms with E-state index in [0.29, 0.717) is 11.6 Å². The topological polar surface area (TPSA) is 81.7 Å². The first kappa shape index (κ1) is 12.0. The lowest BCUT2D eigenvalue weighted by Crippen LogP contribution is -2.31. The molecule has 2 aromatic heterocycles. The van der Waals surface area contributed by atoms with Crippen LogP contribution in [0.4, 0.5) is 0 Å². The van der Waals surface area contributed by atoms with Crippen LogP contribution >= 0.6 is 11.6 Å². The average molecular weight is 253 g/mol. The molecule has 0 fully saturated rings. The van der Waals surface area contributed by atoms with Gasteiger partial charge in [-0.3, -0.25) is 10.5 Å². The molecule has 2 aromatic rings. The van der Waals surface area contributed by atoms with E-state index < -0.39 is 0 Å². The third-order valence-electron chi connectivity index (χ3n) is 2.49. The molecule has 17 heavy (non-hydrogen) atoms. The predicted molar refractivity (Wildman–Crippen MR) is 64.1 cm³/mol. The van der Waals surface area contributed by atoms with Crippen molar-refractivity contribution in [2.24, 2.45) is 5.84 Å². The second-order valence-corrected chi connectivity index (χ2v) is 3.87. The molecule has 0 aliphatic rings. The van der Waals surface area contributed by atoms with Gasteiger partial charge >= 0.3 is 0 Å². The Kier molecular flexibility index (Phi) is 3.68. The lowest BCUT2D eigenvalue weighted by atomic mass is 10.1. The Morgan fingerprint density at radius 1 is 1.41 bits per heavy atom. The lowest BCUT2D eigenvalue weighted by molar-refractivity contribution is 0.541. The third kappa shape index (κ3) is 2.28. The van der Waals surface area contributed by atoms with E-state index in [0.717, 1.165) is 11.3 Å². The Labute approximate surface area is 104 Å². The van der Waals surface area contributed by atoms with E-state index >= 15 is 0 Å². The molecule has 90 valence electrons. The summed E-state index contributed by atoms with van der Waals surface area (Å²) in [6.07, 6.45) is 6.46. The fraction of sp³-hybridized carbons (Fsp3) is 0.300. The van der Waals surface area contributed by atoms with Crippen molar-refractivity contribution in [2.45, 2.75) is 19.5 Å². The van der Waals surface area contributed by atoms with E-state index in [1.807, 2.05) is 6.92 Å². The number of aromatic nitrogens is 4. The number of rotatable bonds is 4. The van der Waals surface area contributed by atoms with Crippen LogP contribution in [0.1, 0.15) is 24.2 Å². The van der Waals surface area contributed by atoms with Gasteiger partial charge in [-0.05, 0) is 6.92 Å². The third-order valence-corrected chi connectivity index (χ3v) is 2.78. The van der Waals surface area contributed by atoms with E-state index in [-0.39, 0.29) is 6.04 Å². The largest absolute Gasteiger partial charge is 0.271 e. The van der Waals surface area contributed by atoms with Crippen LogP contribution in [0.2, 0.25) is 5.02 Å². The number of nitrogens with one attached hydrogen (secondary N) is 1. The Bertz CT molecular complexity index is 483. The van der Waals surface area contributed by atoms with Gasteiger partial charge in [-0.15, -0.1) is 0 Å². The molecule has 1 unspecified atom stereocenters. The zero-order valence-electron chi connectivity index (χ0n) is 9.34. The number of hydrazine groups is 1. The monoisotopic (exact) mass is 252 g/mol. The molecule has 0 amide bonds. The fourth-order valence-corrected chi connectivity index (χ4v) is 1.95. The molecule has 0 aliphatic heterocycles. The van der Waals surface area contributed by atoms with E-state index in [1.165, 1.54) is 6.33 Å². The van der Waals surface area contributed by atoms with Gasteiger partial charge in [-0.2, -0.15) is 5.10 Å². The number of nitrogens with two attached hydrogens (primary N) is 1. The van der Waals surface area contributed by atoms with Gasteiger partial charge in [0.2, 0.25) is 0 Å². The number of halogens is 1. The molecule has 2 heterocycles. The van der Waals surface area contributed by atoms with Crippen molar-refractivity contribution in [1.82, 2.24) is 25.2 Å². The maximum atomic E-state index is 6.13. The van der Waals surface area contributed by atoms with Crippen molar-refractivity contribution in [3.05, 3.63) is 41.2 Å². The van der Waals surface area contributed by atoms with Crippen molar-refractivity contribution in [3.8, 4) is 0 Å². The lowest BCUT2D eigenvalue weighted by Gasteiger charge is -2.17. The Hall–Kier alpha value is -1.50. The number of aryl methyl sites for hydroxylation is 1. The van der Waals surface area contributed by atoms with E-state index in [4.69, 9.17) is 17.4 Å². The Morgan fingerprint density at radius 3 is 2.71 bits per heavy atom. The van der Waals surface area contributed by atoms with Crippen LogP contribution < -0.4 is 11.3 Å². The number of hydrogen-bond donors (Lipinski definition) is 2. The van der Waals surface area contributed by atoms with E-state index in [1.54, 1.807) is 23.3 Å². The van der Waals surface area contributed by atoms with Crippen molar-refractivity contribution < 1.29 is 0 Å². The summed E-state index contributed by atoms with van der Waals surface area (Å²) in [5.41, 5.74) is 4.36. The first-order valence-electron chi connectivity index (χ1n) is 5.20. The van der Waals surface area contributed by atoms with Crippen LogP contribution in [0.3, 0.4) is 0 Å². The highest BCUT2D eigenvalue weighted by Gasteiger charge is 2.20. The molecule has 6 nitrogen and oxygen atoms in total. The SMILES string of the molecule is CCn1ncc(Cl)c1C(NN)c1cncnc1. The summed E-state index contributed by atoms with van der Waals surface area (Å²) in [7, 11) is 0. The quantitative estimate of drug-likeness (QED) is 0.624. The van der Waals surface area contributed by atoms with Gasteiger partial charge in [-0.25, -0.2) is 15.4 Å². The van der Waals surface area contributed by atoms with Crippen LogP contribution in [-0.2, 0) is 6.54 Å². The molecular weight excluding hydrogens is 240 g/mol. The normalized spacial score (nSPS) is 12.6. The van der Waals surface area contributed by atoms with Gasteiger partial charge in [0, 0.05) is 24.5 Å². The summed E-state index contributed by atoms with van der Waals surface area (Å²) >= 11 is 6.13. The predicted octanol–water partition coefficient (Wildman–Crippen LogP) is 0.899. The molecule has 2 rings (SSSR count). The van der Waals surface area contributed by atoms with Crippen LogP contribution in [0.5, 0.6) is 0 Å². The molecule has 1 atom stereocenters. The molecule has 0 saturated carbocycles. The first-order chi connectivity index (χ1) is 8.27. The van der Waals surface area contributed by atoms with Gasteiger partial charge in [-0.1, -0.05) is 11.6 Å². The average Bonchev–Trinajstić information content (AvgIpc) is 2.74. The minimum atomic E-state index is -0.272. The van der Waals surface area contributed by atoms with Crippen LogP contribution in [0.25, 0.3) is 0 Å². The van der Waals surface area contributed by atoms with Crippen LogP contribution in [0, 0.1) is 0 Å². The molecule has 7 heteroatoms. The van der Waals surface area contributed by atoms with Crippen molar-refractivity contribution in [1.29, 1.82) is 0 Å². The van der Waals surface area contributed by atoms with E-state index in [9.17, 15) is 0 Å². The molecule has 0 aromatic carbocycles. The van der Waals surface area contributed by atoms with Gasteiger partial charge in [0.05, 0.1) is 23.0 Å². The Morgan fingerprint density at radius 2 is 2.12 bits per heavy atom. The molecule has 0 saturated heterocycles. The highest BCUT2D eigenvalue weighted by Crippen LogP contribution is 2.26. The van der Waals surface area contributed by atoms with Crippen molar-refractivity contribution in [3.63, 3.8) is 0 Å². The standard InChI is InChI=1S/C10H13ClN6/c1-2-17-10(8(11)5-15-17)9(16-12)7-3-13-6-14-4-7/h3-6,9,16H,2,12H2,1H3. The summed E-state index contributed by atoms with van der Waals surface area (Å²) < 4.78 is 1.79. The maximum Gasteiger partial charge on any atom is 0.115 e. The summed E-state index contributed by atoms with van der Waals surface area (Å²) in [4.78, 5) is 7.94. The van der Waals surface area contributed by atoms with Crippen molar-refractivity contribution in [2.75, 3.05) is 0 Å². The van der Waals surface area contributed by atoms with Crippen LogP contribution in [0.15, 0.2) is 24.9 Å². The van der Waals surface area contributed by atoms with Crippen molar-refractivity contribution >= 4 is 11.6 Å². The van der Waals surface area contributed by atoms with Gasteiger partial charge < -0.3 is 0 Å². The zero-order valence-corrected chi connectivity index (χ0v) is 10.1. The smallest absolute Gasteiger partial charge is 0.115 e.